The maximum absolute atomic E-state index is 12.8. The SMILES string of the molecule is Cc1ccc2c(c1)O[C@@]1(CCN(C(=O)OCC3CC3)[C@@H](C)C1)c1[nH]c(C3CCNC(C)(C)C3)nc1-2.Cl. The van der Waals surface area contributed by atoms with E-state index in [-0.39, 0.29) is 30.1 Å². The molecule has 1 unspecified atom stereocenters. The van der Waals surface area contributed by atoms with Crippen LogP contribution in [0, 0.1) is 12.8 Å². The van der Waals surface area contributed by atoms with Gasteiger partial charge in [-0.2, -0.15) is 0 Å². The van der Waals surface area contributed by atoms with E-state index in [1.165, 1.54) is 18.4 Å². The molecule has 3 aliphatic heterocycles. The van der Waals surface area contributed by atoms with Crippen molar-refractivity contribution in [1.29, 1.82) is 0 Å². The molecule has 0 bridgehead atoms. The number of ether oxygens (including phenoxy) is 2. The van der Waals surface area contributed by atoms with E-state index < -0.39 is 5.60 Å². The molecule has 6 rings (SSSR count). The van der Waals surface area contributed by atoms with Crippen LogP contribution in [-0.4, -0.2) is 52.2 Å². The molecule has 1 saturated carbocycles. The third-order valence-electron chi connectivity index (χ3n) is 8.40. The Balaban J connectivity index is 0.00000267. The Morgan fingerprint density at radius 3 is 2.78 bits per heavy atom. The van der Waals surface area contributed by atoms with Gasteiger partial charge in [-0.15, -0.1) is 12.4 Å². The summed E-state index contributed by atoms with van der Waals surface area (Å²) in [7, 11) is 0. The Kier molecular flexibility index (Phi) is 6.53. The number of carbonyl (C=O) groups excluding carboxylic acids is 1. The molecule has 1 aliphatic carbocycles. The van der Waals surface area contributed by atoms with E-state index in [9.17, 15) is 4.79 Å². The predicted molar refractivity (Wildman–Crippen MR) is 142 cm³/mol. The van der Waals surface area contributed by atoms with E-state index in [4.69, 9.17) is 14.5 Å². The highest BCUT2D eigenvalue weighted by molar-refractivity contribution is 5.85. The average molecular weight is 515 g/mol. The molecule has 1 aromatic carbocycles. The summed E-state index contributed by atoms with van der Waals surface area (Å²) in [5, 5.41) is 3.63. The molecule has 1 amide bonds. The average Bonchev–Trinajstić information content (AvgIpc) is 3.52. The van der Waals surface area contributed by atoms with Crippen LogP contribution < -0.4 is 10.1 Å². The molecule has 2 aromatic rings. The minimum absolute atomic E-state index is 0. The molecule has 0 radical (unpaired) electrons. The van der Waals surface area contributed by atoms with E-state index in [0.717, 1.165) is 54.3 Å². The fourth-order valence-corrected chi connectivity index (χ4v) is 6.25. The minimum Gasteiger partial charge on any atom is -0.480 e. The van der Waals surface area contributed by atoms with Crippen LogP contribution in [0.2, 0.25) is 0 Å². The molecule has 4 heterocycles. The fourth-order valence-electron chi connectivity index (χ4n) is 6.25. The molecule has 1 aromatic heterocycles. The van der Waals surface area contributed by atoms with Gasteiger partial charge in [-0.3, -0.25) is 0 Å². The van der Waals surface area contributed by atoms with Crippen LogP contribution in [0.1, 0.15) is 82.3 Å². The molecule has 7 nitrogen and oxygen atoms in total. The first-order valence-electron chi connectivity index (χ1n) is 13.3. The van der Waals surface area contributed by atoms with Crippen molar-refractivity contribution in [2.75, 3.05) is 19.7 Å². The smallest absolute Gasteiger partial charge is 0.410 e. The third kappa shape index (κ3) is 4.60. The van der Waals surface area contributed by atoms with E-state index >= 15 is 0 Å². The van der Waals surface area contributed by atoms with Crippen molar-refractivity contribution < 1.29 is 14.3 Å². The van der Waals surface area contributed by atoms with E-state index in [0.29, 0.717) is 31.4 Å². The molecule has 3 fully saturated rings. The second-order valence-electron chi connectivity index (χ2n) is 12.0. The number of piperidine rings is 2. The topological polar surface area (TPSA) is 79.5 Å². The highest BCUT2D eigenvalue weighted by atomic mass is 35.5. The second kappa shape index (κ2) is 9.25. The highest BCUT2D eigenvalue weighted by Gasteiger charge is 2.49. The van der Waals surface area contributed by atoms with Gasteiger partial charge in [0.2, 0.25) is 0 Å². The quantitative estimate of drug-likeness (QED) is 0.551. The van der Waals surface area contributed by atoms with Crippen LogP contribution in [0.4, 0.5) is 4.79 Å². The van der Waals surface area contributed by atoms with E-state index in [1.54, 1.807) is 0 Å². The number of H-pyrrole nitrogens is 1. The fraction of sp³-hybridized carbons (Fsp3) is 0.643. The van der Waals surface area contributed by atoms with Gasteiger partial charge in [0.1, 0.15) is 11.6 Å². The summed E-state index contributed by atoms with van der Waals surface area (Å²) in [6.07, 6.45) is 5.72. The minimum atomic E-state index is -0.517. The van der Waals surface area contributed by atoms with Crippen LogP contribution in [-0.2, 0) is 10.3 Å². The van der Waals surface area contributed by atoms with Gasteiger partial charge in [0, 0.05) is 42.4 Å². The predicted octanol–water partition coefficient (Wildman–Crippen LogP) is 5.67. The van der Waals surface area contributed by atoms with Crippen molar-refractivity contribution in [2.45, 2.75) is 89.3 Å². The number of benzene rings is 1. The van der Waals surface area contributed by atoms with E-state index in [1.807, 2.05) is 4.90 Å². The lowest BCUT2D eigenvalue weighted by Gasteiger charge is -2.46. The van der Waals surface area contributed by atoms with Gasteiger partial charge < -0.3 is 24.7 Å². The molecule has 8 heteroatoms. The Labute approximate surface area is 220 Å². The Morgan fingerprint density at radius 2 is 2.06 bits per heavy atom. The summed E-state index contributed by atoms with van der Waals surface area (Å²) in [6.45, 7) is 10.9. The summed E-state index contributed by atoms with van der Waals surface area (Å²) >= 11 is 0. The normalized spacial score (nSPS) is 28.5. The lowest BCUT2D eigenvalue weighted by molar-refractivity contribution is -0.0303. The van der Waals surface area contributed by atoms with Gasteiger partial charge in [0.15, 0.2) is 5.60 Å². The van der Waals surface area contributed by atoms with Gasteiger partial charge in [-0.05, 0) is 83.5 Å². The monoisotopic (exact) mass is 514 g/mol. The summed E-state index contributed by atoms with van der Waals surface area (Å²) in [5.74, 6) is 2.92. The summed E-state index contributed by atoms with van der Waals surface area (Å²) in [5.41, 5.74) is 3.92. The van der Waals surface area contributed by atoms with Crippen LogP contribution in [0.25, 0.3) is 11.3 Å². The maximum Gasteiger partial charge on any atom is 0.410 e. The molecule has 2 N–H and O–H groups in total. The number of aromatic nitrogens is 2. The largest absolute Gasteiger partial charge is 0.480 e. The number of imidazole rings is 1. The Bertz CT molecular complexity index is 1140. The van der Waals surface area contributed by atoms with E-state index in [2.05, 4.69) is 56.2 Å². The number of rotatable bonds is 3. The first kappa shape index (κ1) is 25.4. The summed E-state index contributed by atoms with van der Waals surface area (Å²) in [6, 6.07) is 6.41. The standard InChI is InChI=1S/C28H38N4O3.ClH/c1-17-5-8-21-22(13-17)35-28(10-12-32(18(2)14-28)26(33)34-16-19-6-7-19)24-23(21)30-25(31-24)20-9-11-29-27(3,4)15-20;/h5,8,13,18-20,29H,6-7,9-12,14-16H2,1-4H3,(H,30,31);1H/t18-,20?,28+;/m0./s1. The second-order valence-corrected chi connectivity index (χ2v) is 12.0. The lowest BCUT2D eigenvalue weighted by atomic mass is 9.80. The molecule has 4 aliphatic rings. The number of nitrogens with one attached hydrogen (secondary N) is 2. The number of halogens is 1. The highest BCUT2D eigenvalue weighted by Crippen LogP contribution is 2.50. The number of amides is 1. The number of aromatic amines is 1. The van der Waals surface area contributed by atoms with Gasteiger partial charge >= 0.3 is 6.09 Å². The number of carbonyl (C=O) groups is 1. The first-order chi connectivity index (χ1) is 16.7. The number of nitrogens with zero attached hydrogens (tertiary/aromatic N) is 2. The van der Waals surface area contributed by atoms with Crippen LogP contribution in [0.15, 0.2) is 18.2 Å². The summed E-state index contributed by atoms with van der Waals surface area (Å²) < 4.78 is 12.5. The zero-order valence-corrected chi connectivity index (χ0v) is 22.7. The lowest BCUT2D eigenvalue weighted by Crippen LogP contribution is -2.53. The van der Waals surface area contributed by atoms with Crippen LogP contribution in [0.5, 0.6) is 5.75 Å². The van der Waals surface area contributed by atoms with Crippen molar-refractivity contribution in [1.82, 2.24) is 20.2 Å². The van der Waals surface area contributed by atoms with Crippen molar-refractivity contribution >= 4 is 18.5 Å². The van der Waals surface area contributed by atoms with Crippen molar-refractivity contribution in [2.24, 2.45) is 5.92 Å². The van der Waals surface area contributed by atoms with Crippen LogP contribution >= 0.6 is 12.4 Å². The Hall–Kier alpha value is -2.25. The molecule has 196 valence electrons. The number of aryl methyl sites for hydroxylation is 1. The van der Waals surface area contributed by atoms with Gasteiger partial charge in [0.05, 0.1) is 18.0 Å². The molecular formula is C28H39ClN4O3. The zero-order valence-electron chi connectivity index (χ0n) is 21.9. The third-order valence-corrected chi connectivity index (χ3v) is 8.40. The molecular weight excluding hydrogens is 476 g/mol. The molecule has 1 spiro atoms. The van der Waals surface area contributed by atoms with Crippen LogP contribution in [0.3, 0.4) is 0 Å². The Morgan fingerprint density at radius 1 is 1.25 bits per heavy atom. The maximum atomic E-state index is 12.8. The number of hydrogen-bond donors (Lipinski definition) is 2. The zero-order chi connectivity index (χ0) is 24.4. The first-order valence-corrected chi connectivity index (χ1v) is 13.3. The van der Waals surface area contributed by atoms with Gasteiger partial charge in [-0.25, -0.2) is 9.78 Å². The summed E-state index contributed by atoms with van der Waals surface area (Å²) in [4.78, 5) is 23.7. The van der Waals surface area contributed by atoms with Crippen molar-refractivity contribution in [3.8, 4) is 17.0 Å². The molecule has 2 saturated heterocycles. The number of likely N-dealkylation sites (tertiary alicyclic amines) is 1. The van der Waals surface area contributed by atoms with Crippen molar-refractivity contribution in [3.05, 3.63) is 35.3 Å². The van der Waals surface area contributed by atoms with Crippen molar-refractivity contribution in [3.63, 3.8) is 0 Å². The molecule has 3 atom stereocenters. The van der Waals surface area contributed by atoms with Gasteiger partial charge in [-0.1, -0.05) is 6.07 Å². The number of fused-ring (bicyclic) bond motifs is 4. The molecule has 36 heavy (non-hydrogen) atoms. The van der Waals surface area contributed by atoms with Gasteiger partial charge in [0.25, 0.3) is 0 Å². The number of hydrogen-bond acceptors (Lipinski definition) is 5.